The van der Waals surface area contributed by atoms with E-state index in [1.807, 2.05) is 0 Å². The fourth-order valence-corrected chi connectivity index (χ4v) is 1.04. The molecule has 90 valence electrons. The van der Waals surface area contributed by atoms with Crippen molar-refractivity contribution in [1.29, 1.82) is 0 Å². The number of rotatable bonds is 2. The first-order valence-corrected chi connectivity index (χ1v) is 4.84. The molecule has 0 spiro atoms. The molecule has 0 saturated heterocycles. The second-order valence-electron chi connectivity index (χ2n) is 2.91. The Morgan fingerprint density at radius 2 is 2.24 bits per heavy atom. The van der Waals surface area contributed by atoms with E-state index in [1.54, 1.807) is 6.92 Å². The lowest BCUT2D eigenvalue weighted by Gasteiger charge is -1.95. The largest absolute Gasteiger partial charge is 0.492 e. The molecule has 5 nitrogen and oxygen atoms in total. The molecule has 0 bridgehead atoms. The third-order valence-electron chi connectivity index (χ3n) is 1.73. The number of hydrogen-bond donors (Lipinski definition) is 1. The van der Waals surface area contributed by atoms with Crippen molar-refractivity contribution >= 4 is 17.5 Å². The van der Waals surface area contributed by atoms with Gasteiger partial charge < -0.3 is 9.84 Å². The number of ether oxygens (including phenoxy) is 1. The fourth-order valence-electron chi connectivity index (χ4n) is 1.04. The summed E-state index contributed by atoms with van der Waals surface area (Å²) in [6.45, 7) is 2.66. The summed E-state index contributed by atoms with van der Waals surface area (Å²) in [5.41, 5.74) is 0.921. The van der Waals surface area contributed by atoms with Gasteiger partial charge in [0, 0.05) is 6.07 Å². The standard InChI is InChI=1S/C8H5FN2O.C3H6O2/c9-5-1-2-6-7(3-5)11-8(12)4-10-6;1-2-5-3-4/h1-4H,(H,11,12);3H,2H2,1H3. The molecule has 1 heterocycles. The number of aromatic hydroxyl groups is 1. The average molecular weight is 238 g/mol. The zero-order valence-electron chi connectivity index (χ0n) is 9.13. The quantitative estimate of drug-likeness (QED) is 0.805. The van der Waals surface area contributed by atoms with E-state index in [0.717, 1.165) is 0 Å². The van der Waals surface area contributed by atoms with Crippen LogP contribution in [0.25, 0.3) is 11.0 Å². The number of nitrogens with zero attached hydrogens (tertiary/aromatic N) is 2. The zero-order valence-corrected chi connectivity index (χ0v) is 9.13. The Kier molecular flexibility index (Phi) is 4.80. The summed E-state index contributed by atoms with van der Waals surface area (Å²) in [5, 5.41) is 8.93. The van der Waals surface area contributed by atoms with Gasteiger partial charge in [-0.05, 0) is 19.1 Å². The van der Waals surface area contributed by atoms with Crippen LogP contribution in [0.5, 0.6) is 5.88 Å². The van der Waals surface area contributed by atoms with Gasteiger partial charge in [-0.15, -0.1) is 0 Å². The summed E-state index contributed by atoms with van der Waals surface area (Å²) in [5.74, 6) is -0.587. The van der Waals surface area contributed by atoms with Crippen molar-refractivity contribution in [3.05, 3.63) is 30.2 Å². The van der Waals surface area contributed by atoms with Gasteiger partial charge in [0.25, 0.3) is 6.47 Å². The summed E-state index contributed by atoms with van der Waals surface area (Å²) in [6.07, 6.45) is 1.22. The molecule has 0 atom stereocenters. The van der Waals surface area contributed by atoms with Crippen LogP contribution in [0, 0.1) is 5.82 Å². The van der Waals surface area contributed by atoms with E-state index in [9.17, 15) is 9.18 Å². The third-order valence-corrected chi connectivity index (χ3v) is 1.73. The Morgan fingerprint density at radius 3 is 2.82 bits per heavy atom. The molecule has 0 aliphatic carbocycles. The van der Waals surface area contributed by atoms with E-state index in [1.165, 1.54) is 24.4 Å². The van der Waals surface area contributed by atoms with Crippen molar-refractivity contribution in [1.82, 2.24) is 9.97 Å². The van der Waals surface area contributed by atoms with Crippen molar-refractivity contribution in [3.63, 3.8) is 0 Å². The molecular weight excluding hydrogens is 227 g/mol. The minimum absolute atomic E-state index is 0.201. The highest BCUT2D eigenvalue weighted by molar-refractivity contribution is 5.74. The van der Waals surface area contributed by atoms with Crippen LogP contribution in [0.15, 0.2) is 24.4 Å². The first kappa shape index (κ1) is 12.8. The highest BCUT2D eigenvalue weighted by Crippen LogP contribution is 2.13. The van der Waals surface area contributed by atoms with E-state index in [2.05, 4.69) is 14.7 Å². The molecule has 6 heteroatoms. The van der Waals surface area contributed by atoms with E-state index in [4.69, 9.17) is 5.11 Å². The van der Waals surface area contributed by atoms with Crippen molar-refractivity contribution in [2.75, 3.05) is 6.61 Å². The smallest absolute Gasteiger partial charge is 0.293 e. The lowest BCUT2D eigenvalue weighted by molar-refractivity contribution is -0.128. The van der Waals surface area contributed by atoms with Crippen molar-refractivity contribution in [2.24, 2.45) is 0 Å². The number of halogens is 1. The monoisotopic (exact) mass is 238 g/mol. The van der Waals surface area contributed by atoms with Crippen LogP contribution in [-0.2, 0) is 9.53 Å². The van der Waals surface area contributed by atoms with Crippen LogP contribution >= 0.6 is 0 Å². The molecule has 0 aliphatic rings. The molecule has 0 aliphatic heterocycles. The van der Waals surface area contributed by atoms with E-state index in [-0.39, 0.29) is 11.7 Å². The SMILES string of the molecule is CCOC=O.Oc1cnc2ccc(F)cc2n1. The first-order valence-electron chi connectivity index (χ1n) is 4.84. The summed E-state index contributed by atoms with van der Waals surface area (Å²) >= 11 is 0. The zero-order chi connectivity index (χ0) is 12.7. The molecular formula is C11H11FN2O3. The van der Waals surface area contributed by atoms with Gasteiger partial charge >= 0.3 is 0 Å². The molecule has 0 saturated carbocycles. The number of hydrogen-bond acceptors (Lipinski definition) is 5. The summed E-state index contributed by atoms with van der Waals surface area (Å²) in [4.78, 5) is 16.7. The summed E-state index contributed by atoms with van der Waals surface area (Å²) in [6, 6.07) is 4.03. The van der Waals surface area contributed by atoms with Crippen molar-refractivity contribution in [3.8, 4) is 5.88 Å². The highest BCUT2D eigenvalue weighted by atomic mass is 19.1. The Hall–Kier alpha value is -2.24. The maximum absolute atomic E-state index is 12.6. The van der Waals surface area contributed by atoms with Gasteiger partial charge in [0.15, 0.2) is 0 Å². The molecule has 1 aromatic carbocycles. The molecule has 0 amide bonds. The molecule has 1 aromatic heterocycles. The minimum Gasteiger partial charge on any atom is -0.492 e. The molecule has 0 radical (unpaired) electrons. The predicted octanol–water partition coefficient (Wildman–Crippen LogP) is 1.65. The number of carbonyl (C=O) groups is 1. The third kappa shape index (κ3) is 4.02. The number of aromatic nitrogens is 2. The fraction of sp³-hybridized carbons (Fsp3) is 0.182. The van der Waals surface area contributed by atoms with Gasteiger partial charge in [0.2, 0.25) is 5.88 Å². The average Bonchev–Trinajstić information content (AvgIpc) is 2.30. The lowest BCUT2D eigenvalue weighted by Crippen LogP contribution is -1.84. The van der Waals surface area contributed by atoms with Crippen LogP contribution in [0.2, 0.25) is 0 Å². The molecule has 0 unspecified atom stereocenters. The van der Waals surface area contributed by atoms with Gasteiger partial charge in [-0.25, -0.2) is 14.4 Å². The topological polar surface area (TPSA) is 72.3 Å². The molecule has 1 N–H and O–H groups in total. The summed E-state index contributed by atoms with van der Waals surface area (Å²) in [7, 11) is 0. The van der Waals surface area contributed by atoms with Gasteiger partial charge in [-0.2, -0.15) is 0 Å². The second-order valence-corrected chi connectivity index (χ2v) is 2.91. The Morgan fingerprint density at radius 1 is 1.47 bits per heavy atom. The second kappa shape index (κ2) is 6.37. The van der Waals surface area contributed by atoms with Crippen LogP contribution in [0.3, 0.4) is 0 Å². The molecule has 2 rings (SSSR count). The van der Waals surface area contributed by atoms with Crippen LogP contribution in [0.1, 0.15) is 6.92 Å². The van der Waals surface area contributed by atoms with Crippen molar-refractivity contribution < 1.29 is 19.0 Å². The van der Waals surface area contributed by atoms with E-state index >= 15 is 0 Å². The van der Waals surface area contributed by atoms with E-state index in [0.29, 0.717) is 24.1 Å². The van der Waals surface area contributed by atoms with Crippen LogP contribution < -0.4 is 0 Å². The maximum atomic E-state index is 12.6. The van der Waals surface area contributed by atoms with Crippen LogP contribution in [0.4, 0.5) is 4.39 Å². The molecule has 17 heavy (non-hydrogen) atoms. The lowest BCUT2D eigenvalue weighted by atomic mass is 10.3. The summed E-state index contributed by atoms with van der Waals surface area (Å²) < 4.78 is 16.8. The first-order chi connectivity index (χ1) is 8.17. The number of fused-ring (bicyclic) bond motifs is 1. The number of benzene rings is 1. The Labute approximate surface area is 96.9 Å². The minimum atomic E-state index is -0.387. The predicted molar refractivity (Wildman–Crippen MR) is 58.9 cm³/mol. The van der Waals surface area contributed by atoms with Crippen molar-refractivity contribution in [2.45, 2.75) is 6.92 Å². The highest BCUT2D eigenvalue weighted by Gasteiger charge is 1.98. The number of carbonyl (C=O) groups excluding carboxylic acids is 1. The Balaban J connectivity index is 0.000000249. The maximum Gasteiger partial charge on any atom is 0.293 e. The molecule has 2 aromatic rings. The Bertz CT molecular complexity index is 468. The van der Waals surface area contributed by atoms with Gasteiger partial charge in [-0.3, -0.25) is 4.79 Å². The van der Waals surface area contributed by atoms with E-state index < -0.39 is 0 Å². The normalized spacial score (nSPS) is 9.29. The van der Waals surface area contributed by atoms with Gasteiger partial charge in [-0.1, -0.05) is 0 Å². The van der Waals surface area contributed by atoms with Gasteiger partial charge in [0.05, 0.1) is 23.8 Å². The van der Waals surface area contributed by atoms with Crippen LogP contribution in [-0.4, -0.2) is 28.2 Å². The molecule has 0 fully saturated rings. The van der Waals surface area contributed by atoms with Gasteiger partial charge in [0.1, 0.15) is 5.82 Å².